The highest BCUT2D eigenvalue weighted by molar-refractivity contribution is 9.10. The zero-order chi connectivity index (χ0) is 21.5. The Hall–Kier alpha value is -2.72. The molecule has 2 amide bonds. The van der Waals surface area contributed by atoms with E-state index in [1.54, 1.807) is 0 Å². The van der Waals surface area contributed by atoms with Crippen molar-refractivity contribution in [3.63, 3.8) is 0 Å². The van der Waals surface area contributed by atoms with Gasteiger partial charge in [-0.2, -0.15) is 0 Å². The zero-order valence-corrected chi connectivity index (χ0v) is 19.0. The van der Waals surface area contributed by atoms with Gasteiger partial charge in [-0.25, -0.2) is 4.90 Å². The second-order valence-corrected chi connectivity index (χ2v) is 9.80. The molecule has 7 rings (SSSR count). The average Bonchev–Trinajstić information content (AvgIpc) is 3.05. The molecular formula is C27H22BrNO2. The van der Waals surface area contributed by atoms with Crippen molar-refractivity contribution in [3.8, 4) is 0 Å². The maximum Gasteiger partial charge on any atom is 0.239 e. The van der Waals surface area contributed by atoms with Crippen molar-refractivity contribution >= 4 is 33.4 Å². The molecule has 3 aromatic carbocycles. The van der Waals surface area contributed by atoms with Crippen LogP contribution < -0.4 is 4.90 Å². The summed E-state index contributed by atoms with van der Waals surface area (Å²) in [7, 11) is 0. The van der Waals surface area contributed by atoms with Crippen molar-refractivity contribution in [2.45, 2.75) is 31.6 Å². The number of hydrogen-bond acceptors (Lipinski definition) is 2. The summed E-state index contributed by atoms with van der Waals surface area (Å²) >= 11 is 3.60. The SMILES string of the molecule is CCC12c3ccccc3C(c3ccccc31)[C@@H]1C(=O)N(c3ccc(C)cc3Br)C(=O)[C@H]12. The summed E-state index contributed by atoms with van der Waals surface area (Å²) in [6, 6.07) is 22.7. The summed E-state index contributed by atoms with van der Waals surface area (Å²) in [6.07, 6.45) is 0.775. The maximum absolute atomic E-state index is 14.0. The lowest BCUT2D eigenvalue weighted by Gasteiger charge is -2.54. The molecule has 1 saturated heterocycles. The van der Waals surface area contributed by atoms with Crippen LogP contribution in [-0.4, -0.2) is 11.8 Å². The number of halogens is 1. The number of carbonyl (C=O) groups excluding carboxylic acids is 2. The van der Waals surface area contributed by atoms with E-state index in [2.05, 4.69) is 71.4 Å². The van der Waals surface area contributed by atoms with Gasteiger partial charge in [0.05, 0.1) is 17.5 Å². The Balaban J connectivity index is 1.64. The fraction of sp³-hybridized carbons (Fsp3) is 0.259. The first-order valence-electron chi connectivity index (χ1n) is 10.8. The molecule has 0 unspecified atom stereocenters. The third kappa shape index (κ3) is 2.19. The van der Waals surface area contributed by atoms with Crippen LogP contribution in [0, 0.1) is 18.8 Å². The Morgan fingerprint density at radius 1 is 0.903 bits per heavy atom. The standard InChI is InChI=1S/C27H22BrNO2/c1-3-27-18-10-6-4-8-16(18)22(17-9-5-7-11-19(17)27)23-24(27)26(31)29(25(23)30)21-13-12-15(2)14-20(21)28/h4-14,22-24H,3H2,1-2H3/t22?,23-,24-,27?/m0/s1. The van der Waals surface area contributed by atoms with Crippen LogP contribution in [0.25, 0.3) is 0 Å². The molecule has 2 bridgehead atoms. The van der Waals surface area contributed by atoms with E-state index < -0.39 is 5.41 Å². The second kappa shape index (κ2) is 6.39. The lowest BCUT2D eigenvalue weighted by molar-refractivity contribution is -0.123. The van der Waals surface area contributed by atoms with Crippen molar-refractivity contribution in [2.75, 3.05) is 4.90 Å². The van der Waals surface area contributed by atoms with Crippen molar-refractivity contribution < 1.29 is 9.59 Å². The summed E-state index contributed by atoms with van der Waals surface area (Å²) in [5.74, 6) is -0.989. The molecule has 154 valence electrons. The van der Waals surface area contributed by atoms with E-state index in [0.29, 0.717) is 5.69 Å². The van der Waals surface area contributed by atoms with E-state index in [1.165, 1.54) is 27.2 Å². The molecule has 4 aliphatic rings. The predicted molar refractivity (Wildman–Crippen MR) is 124 cm³/mol. The van der Waals surface area contributed by atoms with Crippen molar-refractivity contribution in [1.82, 2.24) is 0 Å². The van der Waals surface area contributed by atoms with Crippen molar-refractivity contribution in [2.24, 2.45) is 11.8 Å². The van der Waals surface area contributed by atoms with Gasteiger partial charge in [0.2, 0.25) is 11.8 Å². The van der Waals surface area contributed by atoms with Crippen LogP contribution in [0.1, 0.15) is 47.1 Å². The largest absolute Gasteiger partial charge is 0.274 e. The summed E-state index contributed by atoms with van der Waals surface area (Å²) < 4.78 is 0.778. The molecule has 1 aliphatic heterocycles. The van der Waals surface area contributed by atoms with E-state index in [4.69, 9.17) is 0 Å². The summed E-state index contributed by atoms with van der Waals surface area (Å²) in [5, 5.41) is 0. The molecular weight excluding hydrogens is 450 g/mol. The zero-order valence-electron chi connectivity index (χ0n) is 17.4. The molecule has 0 spiro atoms. The minimum absolute atomic E-state index is 0.0737. The normalized spacial score (nSPS) is 27.8. The molecule has 31 heavy (non-hydrogen) atoms. The predicted octanol–water partition coefficient (Wildman–Crippen LogP) is 5.72. The van der Waals surface area contributed by atoms with Gasteiger partial charge in [0.15, 0.2) is 0 Å². The summed E-state index contributed by atoms with van der Waals surface area (Å²) in [6.45, 7) is 4.15. The van der Waals surface area contributed by atoms with Crippen LogP contribution in [-0.2, 0) is 15.0 Å². The number of hydrogen-bond donors (Lipinski definition) is 0. The molecule has 3 nitrogen and oxygen atoms in total. The number of amides is 2. The third-order valence-corrected chi connectivity index (χ3v) is 8.33. The maximum atomic E-state index is 14.0. The molecule has 1 heterocycles. The number of anilines is 1. The van der Waals surface area contributed by atoms with Gasteiger partial charge in [0.1, 0.15) is 0 Å². The molecule has 0 saturated carbocycles. The molecule has 3 aliphatic carbocycles. The lowest BCUT2D eigenvalue weighted by Crippen LogP contribution is -2.53. The van der Waals surface area contributed by atoms with Gasteiger partial charge in [-0.1, -0.05) is 61.5 Å². The quantitative estimate of drug-likeness (QED) is 0.448. The number of imide groups is 1. The van der Waals surface area contributed by atoms with Gasteiger partial charge in [0.25, 0.3) is 0 Å². The van der Waals surface area contributed by atoms with Crippen LogP contribution in [0.15, 0.2) is 71.2 Å². The Kier molecular flexibility index (Phi) is 3.92. The van der Waals surface area contributed by atoms with Crippen LogP contribution in [0.2, 0.25) is 0 Å². The van der Waals surface area contributed by atoms with Crippen LogP contribution in [0.3, 0.4) is 0 Å². The molecule has 1 fully saturated rings. The molecule has 4 heteroatoms. The number of carbonyl (C=O) groups is 2. The Morgan fingerprint density at radius 2 is 1.52 bits per heavy atom. The van der Waals surface area contributed by atoms with Crippen molar-refractivity contribution in [3.05, 3.63) is 99.0 Å². The van der Waals surface area contributed by atoms with Gasteiger partial charge >= 0.3 is 0 Å². The van der Waals surface area contributed by atoms with Crippen molar-refractivity contribution in [1.29, 1.82) is 0 Å². The first-order chi connectivity index (χ1) is 15.0. The number of rotatable bonds is 2. The third-order valence-electron chi connectivity index (χ3n) is 7.70. The lowest BCUT2D eigenvalue weighted by atomic mass is 9.46. The minimum Gasteiger partial charge on any atom is -0.274 e. The highest BCUT2D eigenvalue weighted by Gasteiger charge is 2.67. The van der Waals surface area contributed by atoms with E-state index in [1.807, 2.05) is 25.1 Å². The van der Waals surface area contributed by atoms with Gasteiger partial charge in [-0.15, -0.1) is 0 Å². The second-order valence-electron chi connectivity index (χ2n) is 8.95. The fourth-order valence-corrected chi connectivity index (χ4v) is 7.23. The number of benzene rings is 3. The highest BCUT2D eigenvalue weighted by Crippen LogP contribution is 2.65. The van der Waals surface area contributed by atoms with Gasteiger partial charge in [0, 0.05) is 15.8 Å². The van der Waals surface area contributed by atoms with E-state index >= 15 is 0 Å². The summed E-state index contributed by atoms with van der Waals surface area (Å²) in [5.41, 5.74) is 6.09. The molecule has 0 N–H and O–H groups in total. The van der Waals surface area contributed by atoms with E-state index in [9.17, 15) is 9.59 Å². The smallest absolute Gasteiger partial charge is 0.239 e. The number of aryl methyl sites for hydroxylation is 1. The van der Waals surface area contributed by atoms with Gasteiger partial charge in [-0.3, -0.25) is 9.59 Å². The Morgan fingerprint density at radius 3 is 2.10 bits per heavy atom. The molecule has 0 radical (unpaired) electrons. The Labute approximate surface area is 190 Å². The van der Waals surface area contributed by atoms with E-state index in [0.717, 1.165) is 16.5 Å². The van der Waals surface area contributed by atoms with Crippen LogP contribution in [0.4, 0.5) is 5.69 Å². The van der Waals surface area contributed by atoms with E-state index in [-0.39, 0.29) is 29.6 Å². The van der Waals surface area contributed by atoms with Gasteiger partial charge < -0.3 is 0 Å². The first kappa shape index (κ1) is 19.0. The average molecular weight is 472 g/mol. The topological polar surface area (TPSA) is 37.4 Å². The number of nitrogens with zero attached hydrogens (tertiary/aromatic N) is 1. The van der Waals surface area contributed by atoms with Gasteiger partial charge in [-0.05, 0) is 69.2 Å². The summed E-state index contributed by atoms with van der Waals surface area (Å²) in [4.78, 5) is 29.4. The molecule has 2 atom stereocenters. The van der Waals surface area contributed by atoms with Crippen LogP contribution in [0.5, 0.6) is 0 Å². The fourth-order valence-electron chi connectivity index (χ4n) is 6.56. The highest BCUT2D eigenvalue weighted by atomic mass is 79.9. The monoisotopic (exact) mass is 471 g/mol. The van der Waals surface area contributed by atoms with Crippen LogP contribution >= 0.6 is 15.9 Å². The Bertz CT molecular complexity index is 1230. The minimum atomic E-state index is -0.481. The first-order valence-corrected chi connectivity index (χ1v) is 11.6. The molecule has 0 aromatic heterocycles. The molecule has 3 aromatic rings.